The second-order valence-electron chi connectivity index (χ2n) is 3.74. The highest BCUT2D eigenvalue weighted by atomic mass is 79.9. The molecule has 0 aliphatic rings. The molecule has 0 fully saturated rings. The summed E-state index contributed by atoms with van der Waals surface area (Å²) in [7, 11) is 0. The maximum atomic E-state index is 13.0. The summed E-state index contributed by atoms with van der Waals surface area (Å²) in [5.41, 5.74) is 1.57. The third kappa shape index (κ3) is 3.47. The molecule has 0 nitrogen and oxygen atoms in total. The lowest BCUT2D eigenvalue weighted by atomic mass is 9.98. The van der Waals surface area contributed by atoms with Crippen molar-refractivity contribution in [1.29, 1.82) is 0 Å². The fourth-order valence-electron chi connectivity index (χ4n) is 1.72. The summed E-state index contributed by atoms with van der Waals surface area (Å²) in [6.07, 6.45) is -5.19. The largest absolute Gasteiger partial charge is 0.390 e. The smallest absolute Gasteiger partial charge is 0.207 e. The Morgan fingerprint density at radius 2 is 1.62 bits per heavy atom. The molecule has 1 rings (SSSR count). The van der Waals surface area contributed by atoms with E-state index < -0.39 is 23.2 Å². The molecule has 1 aromatic carbocycles. The second kappa shape index (κ2) is 4.73. The first-order valence-corrected chi connectivity index (χ1v) is 5.59. The van der Waals surface area contributed by atoms with E-state index in [2.05, 4.69) is 15.9 Å². The Balaban J connectivity index is 3.04. The minimum Gasteiger partial charge on any atom is -0.207 e. The fourth-order valence-corrected chi connectivity index (χ4v) is 2.81. The average molecular weight is 299 g/mol. The van der Waals surface area contributed by atoms with Crippen LogP contribution in [-0.4, -0.2) is 6.18 Å². The van der Waals surface area contributed by atoms with Gasteiger partial charge in [0, 0.05) is 4.83 Å². The Kier molecular flexibility index (Phi) is 3.99. The van der Waals surface area contributed by atoms with Crippen LogP contribution in [0, 0.1) is 19.7 Å². The van der Waals surface area contributed by atoms with Crippen molar-refractivity contribution < 1.29 is 17.6 Å². The molecule has 16 heavy (non-hydrogen) atoms. The first kappa shape index (κ1) is 13.5. The van der Waals surface area contributed by atoms with Gasteiger partial charge in [0.1, 0.15) is 5.82 Å². The zero-order valence-electron chi connectivity index (χ0n) is 8.83. The summed E-state index contributed by atoms with van der Waals surface area (Å²) in [5.74, 6) is -0.426. The van der Waals surface area contributed by atoms with Crippen molar-refractivity contribution in [3.05, 3.63) is 34.6 Å². The molecular weight excluding hydrogens is 288 g/mol. The van der Waals surface area contributed by atoms with Crippen LogP contribution in [0.15, 0.2) is 12.1 Å². The monoisotopic (exact) mass is 298 g/mol. The molecular formula is C11H11BrF4. The number of hydrogen-bond donors (Lipinski definition) is 0. The zero-order chi connectivity index (χ0) is 12.5. The molecule has 1 aromatic rings. The van der Waals surface area contributed by atoms with E-state index in [1.165, 1.54) is 12.1 Å². The minimum atomic E-state index is -4.23. The van der Waals surface area contributed by atoms with Crippen LogP contribution in [0.3, 0.4) is 0 Å². The third-order valence-electron chi connectivity index (χ3n) is 2.28. The Morgan fingerprint density at radius 3 is 2.00 bits per heavy atom. The van der Waals surface area contributed by atoms with Crippen LogP contribution in [-0.2, 0) is 0 Å². The van der Waals surface area contributed by atoms with Gasteiger partial charge in [-0.05, 0) is 42.7 Å². The molecule has 0 saturated carbocycles. The first-order valence-electron chi connectivity index (χ1n) is 4.68. The van der Waals surface area contributed by atoms with Gasteiger partial charge >= 0.3 is 6.18 Å². The first-order chi connectivity index (χ1) is 7.20. The Labute approximate surface area is 99.8 Å². The lowest BCUT2D eigenvalue weighted by Crippen LogP contribution is -2.12. The standard InChI is InChI=1S/C11H11BrF4/c1-6-3-8(13)4-7(2)10(6)9(12)5-11(14,15)16/h3-4,9H,5H2,1-2H3. The fraction of sp³-hybridized carbons (Fsp3) is 0.455. The highest BCUT2D eigenvalue weighted by Gasteiger charge is 2.32. The molecule has 0 heterocycles. The van der Waals surface area contributed by atoms with E-state index in [4.69, 9.17) is 0 Å². The van der Waals surface area contributed by atoms with E-state index in [0.29, 0.717) is 16.7 Å². The lowest BCUT2D eigenvalue weighted by molar-refractivity contribution is -0.134. The van der Waals surface area contributed by atoms with Crippen molar-refractivity contribution >= 4 is 15.9 Å². The molecule has 0 amide bonds. The zero-order valence-corrected chi connectivity index (χ0v) is 10.4. The van der Waals surface area contributed by atoms with Crippen LogP contribution in [0.25, 0.3) is 0 Å². The number of alkyl halides is 4. The van der Waals surface area contributed by atoms with Gasteiger partial charge in [0.05, 0.1) is 6.42 Å². The van der Waals surface area contributed by atoms with Gasteiger partial charge < -0.3 is 0 Å². The van der Waals surface area contributed by atoms with Gasteiger partial charge in [0.15, 0.2) is 0 Å². The molecule has 90 valence electrons. The van der Waals surface area contributed by atoms with E-state index in [0.717, 1.165) is 0 Å². The van der Waals surface area contributed by atoms with Crippen LogP contribution in [0.1, 0.15) is 27.9 Å². The van der Waals surface area contributed by atoms with Gasteiger partial charge in [0.25, 0.3) is 0 Å². The maximum absolute atomic E-state index is 13.0. The molecule has 0 radical (unpaired) electrons. The van der Waals surface area contributed by atoms with Crippen molar-refractivity contribution in [3.8, 4) is 0 Å². The topological polar surface area (TPSA) is 0 Å². The van der Waals surface area contributed by atoms with Crippen LogP contribution in [0.4, 0.5) is 17.6 Å². The minimum absolute atomic E-state index is 0.426. The Morgan fingerprint density at radius 1 is 1.19 bits per heavy atom. The van der Waals surface area contributed by atoms with Gasteiger partial charge in [-0.3, -0.25) is 0 Å². The van der Waals surface area contributed by atoms with E-state index in [1.807, 2.05) is 0 Å². The van der Waals surface area contributed by atoms with Crippen LogP contribution >= 0.6 is 15.9 Å². The van der Waals surface area contributed by atoms with Gasteiger partial charge in [-0.15, -0.1) is 0 Å². The van der Waals surface area contributed by atoms with Crippen LogP contribution in [0.5, 0.6) is 0 Å². The molecule has 1 atom stereocenters. The molecule has 0 N–H and O–H groups in total. The van der Waals surface area contributed by atoms with Gasteiger partial charge in [-0.2, -0.15) is 13.2 Å². The summed E-state index contributed by atoms with van der Waals surface area (Å²) in [6, 6.07) is 2.49. The normalized spacial score (nSPS) is 13.9. The van der Waals surface area contributed by atoms with Gasteiger partial charge in [-0.25, -0.2) is 4.39 Å². The van der Waals surface area contributed by atoms with Gasteiger partial charge in [0.2, 0.25) is 0 Å². The van der Waals surface area contributed by atoms with E-state index in [-0.39, 0.29) is 0 Å². The summed E-state index contributed by atoms with van der Waals surface area (Å²) in [6.45, 7) is 3.21. The van der Waals surface area contributed by atoms with Crippen LogP contribution in [0.2, 0.25) is 0 Å². The number of hydrogen-bond acceptors (Lipinski definition) is 0. The summed E-state index contributed by atoms with van der Waals surface area (Å²) in [5, 5.41) is 0. The number of halogens is 5. The number of benzene rings is 1. The Hall–Kier alpha value is -0.580. The lowest BCUT2D eigenvalue weighted by Gasteiger charge is -2.17. The number of aryl methyl sites for hydroxylation is 2. The average Bonchev–Trinajstić information content (AvgIpc) is 1.96. The SMILES string of the molecule is Cc1cc(F)cc(C)c1C(Br)CC(F)(F)F. The Bertz CT molecular complexity index is 361. The molecule has 1 unspecified atom stereocenters. The highest BCUT2D eigenvalue weighted by Crippen LogP contribution is 2.38. The molecule has 5 heteroatoms. The van der Waals surface area contributed by atoms with Crippen molar-refractivity contribution in [3.63, 3.8) is 0 Å². The predicted molar refractivity (Wildman–Crippen MR) is 58.2 cm³/mol. The van der Waals surface area contributed by atoms with E-state index >= 15 is 0 Å². The summed E-state index contributed by atoms with van der Waals surface area (Å²) >= 11 is 3.01. The molecule has 0 saturated heterocycles. The van der Waals surface area contributed by atoms with Crippen molar-refractivity contribution in [2.45, 2.75) is 31.3 Å². The van der Waals surface area contributed by atoms with Crippen molar-refractivity contribution in [1.82, 2.24) is 0 Å². The third-order valence-corrected chi connectivity index (χ3v) is 3.06. The second-order valence-corrected chi connectivity index (χ2v) is 4.85. The quantitative estimate of drug-likeness (QED) is 0.542. The van der Waals surface area contributed by atoms with Crippen molar-refractivity contribution in [2.24, 2.45) is 0 Å². The van der Waals surface area contributed by atoms with Gasteiger partial charge in [-0.1, -0.05) is 15.9 Å². The predicted octanol–water partition coefficient (Wildman–Crippen LogP) is 4.83. The molecule has 0 aliphatic carbocycles. The molecule has 0 bridgehead atoms. The highest BCUT2D eigenvalue weighted by molar-refractivity contribution is 9.09. The summed E-state index contributed by atoms with van der Waals surface area (Å²) in [4.78, 5) is -0.826. The summed E-state index contributed by atoms with van der Waals surface area (Å²) < 4.78 is 49.7. The number of rotatable bonds is 2. The maximum Gasteiger partial charge on any atom is 0.390 e. The van der Waals surface area contributed by atoms with E-state index in [9.17, 15) is 17.6 Å². The van der Waals surface area contributed by atoms with Crippen LogP contribution < -0.4 is 0 Å². The molecule has 0 aliphatic heterocycles. The van der Waals surface area contributed by atoms with Crippen molar-refractivity contribution in [2.75, 3.05) is 0 Å². The molecule has 0 aromatic heterocycles. The molecule has 0 spiro atoms. The van der Waals surface area contributed by atoms with E-state index in [1.54, 1.807) is 13.8 Å².